The molecule has 4 heteroatoms. The molecule has 0 spiro atoms. The van der Waals surface area contributed by atoms with Gasteiger partial charge in [-0.3, -0.25) is 4.79 Å². The zero-order valence-corrected chi connectivity index (χ0v) is 9.82. The van der Waals surface area contributed by atoms with Gasteiger partial charge in [-0.1, -0.05) is 11.6 Å². The first kappa shape index (κ1) is 10.4. The number of aromatic nitrogens is 1. The van der Waals surface area contributed by atoms with Gasteiger partial charge in [0.25, 0.3) is 5.91 Å². The lowest BCUT2D eigenvalue weighted by molar-refractivity contribution is -0.141. The molecule has 3 rings (SSSR count). The highest BCUT2D eigenvalue weighted by Gasteiger charge is 2.32. The number of fused-ring (bicyclic) bond motifs is 3. The van der Waals surface area contributed by atoms with E-state index in [1.807, 2.05) is 19.1 Å². The molecular weight excluding hydrogens is 216 g/mol. The van der Waals surface area contributed by atoms with E-state index in [9.17, 15) is 9.90 Å². The summed E-state index contributed by atoms with van der Waals surface area (Å²) in [6.45, 7) is 2.58. The Bertz CT molecular complexity index is 615. The number of nitrogens with zero attached hydrogens (tertiary/aromatic N) is 1. The quantitative estimate of drug-likeness (QED) is 0.720. The molecule has 2 heterocycles. The van der Waals surface area contributed by atoms with Gasteiger partial charge in [0, 0.05) is 30.1 Å². The second kappa shape index (κ2) is 3.34. The Morgan fingerprint density at radius 3 is 3.00 bits per heavy atom. The normalized spacial score (nSPS) is 19.8. The number of carbonyl (C=O) groups is 1. The van der Waals surface area contributed by atoms with Gasteiger partial charge in [0.05, 0.1) is 5.69 Å². The van der Waals surface area contributed by atoms with E-state index in [2.05, 4.69) is 11.1 Å². The minimum absolute atomic E-state index is 0.249. The third-order valence-corrected chi connectivity index (χ3v) is 3.37. The number of carbonyl (C=O) groups excluding carboxylic acids is 1. The van der Waals surface area contributed by atoms with Crippen molar-refractivity contribution in [3.8, 4) is 0 Å². The summed E-state index contributed by atoms with van der Waals surface area (Å²) in [5.41, 5.74) is 3.82. The highest BCUT2D eigenvalue weighted by molar-refractivity contribution is 5.91. The predicted molar refractivity (Wildman–Crippen MR) is 64.5 cm³/mol. The number of amides is 1. The molecule has 1 atom stereocenters. The summed E-state index contributed by atoms with van der Waals surface area (Å²) in [5.74, 6) is -0.249. The van der Waals surface area contributed by atoms with Crippen LogP contribution in [0.2, 0.25) is 0 Å². The topological polar surface area (TPSA) is 56.3 Å². The van der Waals surface area contributed by atoms with Crippen LogP contribution >= 0.6 is 0 Å². The number of likely N-dealkylation sites (N-methyl/N-ethyl adjacent to an activating group) is 1. The van der Waals surface area contributed by atoms with Crippen LogP contribution in [0.25, 0.3) is 10.9 Å². The van der Waals surface area contributed by atoms with Crippen molar-refractivity contribution in [2.45, 2.75) is 19.6 Å². The van der Waals surface area contributed by atoms with Crippen molar-refractivity contribution < 1.29 is 9.90 Å². The molecule has 1 aliphatic heterocycles. The molecule has 0 aliphatic carbocycles. The molecule has 1 amide bonds. The van der Waals surface area contributed by atoms with Crippen LogP contribution in [0.3, 0.4) is 0 Å². The number of aliphatic hydroxyl groups excluding tert-OH is 1. The zero-order valence-electron chi connectivity index (χ0n) is 9.82. The maximum Gasteiger partial charge on any atom is 0.257 e. The first-order valence-electron chi connectivity index (χ1n) is 5.62. The van der Waals surface area contributed by atoms with E-state index >= 15 is 0 Å². The van der Waals surface area contributed by atoms with Crippen molar-refractivity contribution in [2.75, 3.05) is 7.05 Å². The van der Waals surface area contributed by atoms with Gasteiger partial charge < -0.3 is 15.0 Å². The summed E-state index contributed by atoms with van der Waals surface area (Å²) in [5, 5.41) is 11.0. The number of aryl methyl sites for hydroxylation is 1. The lowest BCUT2D eigenvalue weighted by atomic mass is 10.0. The highest BCUT2D eigenvalue weighted by Crippen LogP contribution is 2.32. The van der Waals surface area contributed by atoms with Gasteiger partial charge in [-0.05, 0) is 19.1 Å². The smallest absolute Gasteiger partial charge is 0.257 e. The Hall–Kier alpha value is -1.81. The van der Waals surface area contributed by atoms with Gasteiger partial charge in [0.2, 0.25) is 0 Å². The van der Waals surface area contributed by atoms with Crippen molar-refractivity contribution in [2.24, 2.45) is 0 Å². The minimum Gasteiger partial charge on any atom is -0.377 e. The van der Waals surface area contributed by atoms with Crippen molar-refractivity contribution in [1.29, 1.82) is 0 Å². The van der Waals surface area contributed by atoms with Crippen LogP contribution in [0.15, 0.2) is 18.2 Å². The molecule has 1 unspecified atom stereocenters. The zero-order chi connectivity index (χ0) is 12.2. The van der Waals surface area contributed by atoms with E-state index in [0.717, 1.165) is 16.5 Å². The lowest BCUT2D eigenvalue weighted by Crippen LogP contribution is -2.36. The molecule has 0 fully saturated rings. The van der Waals surface area contributed by atoms with Crippen LogP contribution in [0, 0.1) is 6.92 Å². The Balaban J connectivity index is 2.29. The van der Waals surface area contributed by atoms with E-state index in [1.165, 1.54) is 5.56 Å². The first-order chi connectivity index (χ1) is 8.08. The molecule has 1 aromatic heterocycles. The average molecular weight is 230 g/mol. The molecule has 1 aliphatic rings. The average Bonchev–Trinajstić information content (AvgIpc) is 2.65. The molecule has 0 saturated heterocycles. The third kappa shape index (κ3) is 1.37. The maximum absolute atomic E-state index is 11.7. The summed E-state index contributed by atoms with van der Waals surface area (Å²) >= 11 is 0. The largest absolute Gasteiger partial charge is 0.377 e. The van der Waals surface area contributed by atoms with Gasteiger partial charge in [-0.2, -0.15) is 0 Å². The van der Waals surface area contributed by atoms with Crippen LogP contribution in [-0.4, -0.2) is 27.9 Å². The molecule has 0 bridgehead atoms. The number of hydrogen-bond acceptors (Lipinski definition) is 2. The Morgan fingerprint density at radius 1 is 1.47 bits per heavy atom. The van der Waals surface area contributed by atoms with E-state index in [-0.39, 0.29) is 5.91 Å². The maximum atomic E-state index is 11.7. The Kier molecular flexibility index (Phi) is 2.03. The van der Waals surface area contributed by atoms with Crippen LogP contribution in [0.1, 0.15) is 22.9 Å². The summed E-state index contributed by atoms with van der Waals surface area (Å²) < 4.78 is 0. The van der Waals surface area contributed by atoms with E-state index in [1.54, 1.807) is 11.9 Å². The summed E-state index contributed by atoms with van der Waals surface area (Å²) in [7, 11) is 1.71. The molecule has 17 heavy (non-hydrogen) atoms. The van der Waals surface area contributed by atoms with Crippen LogP contribution in [0.4, 0.5) is 0 Å². The summed E-state index contributed by atoms with van der Waals surface area (Å²) in [6.07, 6.45) is -1.06. The van der Waals surface area contributed by atoms with Crippen molar-refractivity contribution in [3.63, 3.8) is 0 Å². The lowest BCUT2D eigenvalue weighted by Gasteiger charge is -2.26. The number of aromatic amines is 1. The second-order valence-corrected chi connectivity index (χ2v) is 4.66. The minimum atomic E-state index is -1.06. The SMILES string of the molecule is Cc1ccc2[nH]c3c(c2c1)CN(C)C(=O)C3O. The van der Waals surface area contributed by atoms with Gasteiger partial charge in [-0.25, -0.2) is 0 Å². The number of hydrogen-bond donors (Lipinski definition) is 2. The molecule has 2 aromatic rings. The van der Waals surface area contributed by atoms with Gasteiger partial charge >= 0.3 is 0 Å². The van der Waals surface area contributed by atoms with Crippen molar-refractivity contribution in [3.05, 3.63) is 35.0 Å². The number of aliphatic hydroxyl groups is 1. The van der Waals surface area contributed by atoms with Crippen LogP contribution in [-0.2, 0) is 11.3 Å². The number of benzene rings is 1. The van der Waals surface area contributed by atoms with Crippen molar-refractivity contribution in [1.82, 2.24) is 9.88 Å². The van der Waals surface area contributed by atoms with E-state index in [4.69, 9.17) is 0 Å². The van der Waals surface area contributed by atoms with Gasteiger partial charge in [-0.15, -0.1) is 0 Å². The standard InChI is InChI=1S/C13H14N2O2/c1-7-3-4-10-8(5-7)9-6-15(2)13(17)12(16)11(9)14-10/h3-5,12,14,16H,6H2,1-2H3. The number of nitrogens with one attached hydrogen (secondary N) is 1. The molecule has 0 radical (unpaired) electrons. The molecule has 1 aromatic carbocycles. The van der Waals surface area contributed by atoms with Crippen LogP contribution < -0.4 is 0 Å². The van der Waals surface area contributed by atoms with E-state index < -0.39 is 6.10 Å². The number of H-pyrrole nitrogens is 1. The van der Waals surface area contributed by atoms with Crippen molar-refractivity contribution >= 4 is 16.8 Å². The van der Waals surface area contributed by atoms with Gasteiger partial charge in [0.15, 0.2) is 6.10 Å². The Morgan fingerprint density at radius 2 is 2.24 bits per heavy atom. The number of rotatable bonds is 0. The van der Waals surface area contributed by atoms with Crippen LogP contribution in [0.5, 0.6) is 0 Å². The highest BCUT2D eigenvalue weighted by atomic mass is 16.3. The third-order valence-electron chi connectivity index (χ3n) is 3.37. The summed E-state index contributed by atoms with van der Waals surface area (Å²) in [4.78, 5) is 16.4. The van der Waals surface area contributed by atoms with Gasteiger partial charge in [0.1, 0.15) is 0 Å². The predicted octanol–water partition coefficient (Wildman–Crippen LogP) is 1.48. The molecule has 4 nitrogen and oxygen atoms in total. The monoisotopic (exact) mass is 230 g/mol. The first-order valence-corrected chi connectivity index (χ1v) is 5.62. The van der Waals surface area contributed by atoms with E-state index in [0.29, 0.717) is 12.2 Å². The molecule has 0 saturated carbocycles. The molecule has 88 valence electrons. The second-order valence-electron chi connectivity index (χ2n) is 4.66. The fourth-order valence-corrected chi connectivity index (χ4v) is 2.43. The molecule has 2 N–H and O–H groups in total. The summed E-state index contributed by atoms with van der Waals surface area (Å²) in [6, 6.07) is 6.09. The fraction of sp³-hybridized carbons (Fsp3) is 0.308. The molecular formula is C13H14N2O2. The Labute approximate surface area is 98.9 Å². The fourth-order valence-electron chi connectivity index (χ4n) is 2.43.